The van der Waals surface area contributed by atoms with Gasteiger partial charge in [-0.05, 0) is 30.7 Å². The number of methoxy groups -OCH3 is 1. The van der Waals surface area contributed by atoms with Crippen LogP contribution in [0, 0.1) is 5.82 Å². The molecular weight excluding hydrogens is 347 g/mol. The van der Waals surface area contributed by atoms with E-state index in [0.717, 1.165) is 11.3 Å². The lowest BCUT2D eigenvalue weighted by Gasteiger charge is -2.24. The van der Waals surface area contributed by atoms with Crippen LogP contribution in [0.2, 0.25) is 0 Å². The van der Waals surface area contributed by atoms with Gasteiger partial charge in [0.15, 0.2) is 5.69 Å². The third-order valence-corrected chi connectivity index (χ3v) is 4.53. The summed E-state index contributed by atoms with van der Waals surface area (Å²) in [5.41, 5.74) is 1.65. The van der Waals surface area contributed by atoms with Gasteiger partial charge in [0.05, 0.1) is 25.9 Å². The SMILES string of the molecule is COc1cccc([C@@H](C)N(C)C(=O)c2cn(Cc3ccccc3F)nn2)c1. The number of carbonyl (C=O) groups is 1. The lowest BCUT2D eigenvalue weighted by Crippen LogP contribution is -2.30. The van der Waals surface area contributed by atoms with Crippen LogP contribution in [-0.4, -0.2) is 40.0 Å². The topological polar surface area (TPSA) is 60.2 Å². The third-order valence-electron chi connectivity index (χ3n) is 4.53. The first-order chi connectivity index (χ1) is 13.0. The minimum Gasteiger partial charge on any atom is -0.497 e. The van der Waals surface area contributed by atoms with Crippen molar-refractivity contribution >= 4 is 5.91 Å². The summed E-state index contributed by atoms with van der Waals surface area (Å²) in [6, 6.07) is 13.8. The molecule has 140 valence electrons. The molecule has 7 heteroatoms. The van der Waals surface area contributed by atoms with Crippen LogP contribution in [0.25, 0.3) is 0 Å². The normalized spacial score (nSPS) is 11.9. The van der Waals surface area contributed by atoms with Crippen molar-refractivity contribution in [2.24, 2.45) is 0 Å². The standard InChI is InChI=1S/C20H21FN4O2/c1-14(15-8-6-9-17(11-15)27-3)24(2)20(26)19-13-25(23-22-19)12-16-7-4-5-10-18(16)21/h4-11,13-14H,12H2,1-3H3/t14-/m1/s1. The summed E-state index contributed by atoms with van der Waals surface area (Å²) < 4.78 is 20.5. The molecule has 0 aliphatic carbocycles. The van der Waals surface area contributed by atoms with E-state index in [4.69, 9.17) is 4.74 Å². The van der Waals surface area contributed by atoms with Gasteiger partial charge in [0.25, 0.3) is 5.91 Å². The Hall–Kier alpha value is -3.22. The number of benzene rings is 2. The second-order valence-corrected chi connectivity index (χ2v) is 6.26. The molecule has 0 spiro atoms. The summed E-state index contributed by atoms with van der Waals surface area (Å²) in [4.78, 5) is 14.3. The Labute approximate surface area is 157 Å². The van der Waals surface area contributed by atoms with Gasteiger partial charge < -0.3 is 9.64 Å². The van der Waals surface area contributed by atoms with E-state index in [0.29, 0.717) is 5.56 Å². The summed E-state index contributed by atoms with van der Waals surface area (Å²) in [6.07, 6.45) is 1.53. The molecule has 1 atom stereocenters. The molecule has 6 nitrogen and oxygen atoms in total. The minimum atomic E-state index is -0.315. The van der Waals surface area contributed by atoms with E-state index in [-0.39, 0.29) is 30.0 Å². The van der Waals surface area contributed by atoms with Gasteiger partial charge in [0.2, 0.25) is 0 Å². The van der Waals surface area contributed by atoms with Gasteiger partial charge in [0, 0.05) is 12.6 Å². The molecule has 0 fully saturated rings. The Morgan fingerprint density at radius 3 is 2.78 bits per heavy atom. The number of rotatable bonds is 6. The predicted molar refractivity (Wildman–Crippen MR) is 99.0 cm³/mol. The van der Waals surface area contributed by atoms with Gasteiger partial charge >= 0.3 is 0 Å². The number of nitrogens with zero attached hydrogens (tertiary/aromatic N) is 4. The highest BCUT2D eigenvalue weighted by Crippen LogP contribution is 2.24. The van der Waals surface area contributed by atoms with Gasteiger partial charge in [-0.1, -0.05) is 35.5 Å². The van der Waals surface area contributed by atoms with Crippen LogP contribution in [0.4, 0.5) is 4.39 Å². The maximum Gasteiger partial charge on any atom is 0.276 e. The molecule has 2 aromatic carbocycles. The zero-order valence-electron chi connectivity index (χ0n) is 15.5. The lowest BCUT2D eigenvalue weighted by atomic mass is 10.1. The first-order valence-corrected chi connectivity index (χ1v) is 8.54. The fraction of sp³-hybridized carbons (Fsp3) is 0.250. The second kappa shape index (κ2) is 7.99. The maximum atomic E-state index is 13.8. The Bertz CT molecular complexity index is 941. The Balaban J connectivity index is 1.73. The summed E-state index contributed by atoms with van der Waals surface area (Å²) >= 11 is 0. The molecule has 0 bridgehead atoms. The van der Waals surface area contributed by atoms with Crippen molar-refractivity contribution in [2.75, 3.05) is 14.2 Å². The fourth-order valence-corrected chi connectivity index (χ4v) is 2.76. The number of hydrogen-bond acceptors (Lipinski definition) is 4. The molecule has 0 aliphatic heterocycles. The van der Waals surface area contributed by atoms with Crippen molar-refractivity contribution in [1.29, 1.82) is 0 Å². The number of aromatic nitrogens is 3. The maximum absolute atomic E-state index is 13.8. The van der Waals surface area contributed by atoms with Crippen molar-refractivity contribution < 1.29 is 13.9 Å². The van der Waals surface area contributed by atoms with Crippen molar-refractivity contribution in [3.8, 4) is 5.75 Å². The second-order valence-electron chi connectivity index (χ2n) is 6.26. The summed E-state index contributed by atoms with van der Waals surface area (Å²) in [7, 11) is 3.31. The van der Waals surface area contributed by atoms with E-state index in [9.17, 15) is 9.18 Å². The lowest BCUT2D eigenvalue weighted by molar-refractivity contribution is 0.0736. The number of amides is 1. The molecule has 1 amide bonds. The van der Waals surface area contributed by atoms with Crippen molar-refractivity contribution in [1.82, 2.24) is 19.9 Å². The van der Waals surface area contributed by atoms with Crippen molar-refractivity contribution in [3.05, 3.63) is 77.4 Å². The van der Waals surface area contributed by atoms with Gasteiger partial charge in [-0.3, -0.25) is 4.79 Å². The van der Waals surface area contributed by atoms with Gasteiger partial charge in [-0.15, -0.1) is 5.10 Å². The molecule has 0 N–H and O–H groups in total. The first-order valence-electron chi connectivity index (χ1n) is 8.54. The van der Waals surface area contributed by atoms with Crippen LogP contribution < -0.4 is 4.74 Å². The quantitative estimate of drug-likeness (QED) is 0.670. The molecule has 3 rings (SSSR count). The largest absolute Gasteiger partial charge is 0.497 e. The fourth-order valence-electron chi connectivity index (χ4n) is 2.76. The molecule has 0 saturated heterocycles. The van der Waals surface area contributed by atoms with Gasteiger partial charge in [-0.2, -0.15) is 0 Å². The third kappa shape index (κ3) is 4.13. The first kappa shape index (κ1) is 18.6. The highest BCUT2D eigenvalue weighted by Gasteiger charge is 2.22. The van der Waals surface area contributed by atoms with E-state index < -0.39 is 0 Å². The van der Waals surface area contributed by atoms with Crippen LogP contribution >= 0.6 is 0 Å². The molecular formula is C20H21FN4O2. The molecule has 0 radical (unpaired) electrons. The van der Waals surface area contributed by atoms with Crippen LogP contribution in [0.3, 0.4) is 0 Å². The van der Waals surface area contributed by atoms with E-state index in [1.54, 1.807) is 37.3 Å². The number of halogens is 1. The van der Waals surface area contributed by atoms with E-state index >= 15 is 0 Å². The molecule has 3 aromatic rings. The smallest absolute Gasteiger partial charge is 0.276 e. The van der Waals surface area contributed by atoms with Crippen LogP contribution in [-0.2, 0) is 6.54 Å². The number of ether oxygens (including phenoxy) is 1. The van der Waals surface area contributed by atoms with Crippen LogP contribution in [0.5, 0.6) is 5.75 Å². The van der Waals surface area contributed by atoms with Crippen LogP contribution in [0.15, 0.2) is 54.7 Å². The molecule has 0 unspecified atom stereocenters. The predicted octanol–water partition coefficient (Wildman–Crippen LogP) is 3.31. The zero-order chi connectivity index (χ0) is 19.4. The van der Waals surface area contributed by atoms with Gasteiger partial charge in [0.1, 0.15) is 11.6 Å². The van der Waals surface area contributed by atoms with Crippen LogP contribution in [0.1, 0.15) is 34.6 Å². The zero-order valence-corrected chi connectivity index (χ0v) is 15.5. The summed E-state index contributed by atoms with van der Waals surface area (Å²) in [6.45, 7) is 2.14. The Morgan fingerprint density at radius 2 is 2.04 bits per heavy atom. The molecule has 27 heavy (non-hydrogen) atoms. The summed E-state index contributed by atoms with van der Waals surface area (Å²) in [5, 5.41) is 7.90. The highest BCUT2D eigenvalue weighted by atomic mass is 19.1. The Morgan fingerprint density at radius 1 is 1.26 bits per heavy atom. The number of carbonyl (C=O) groups excluding carboxylic acids is 1. The minimum absolute atomic E-state index is 0.177. The molecule has 1 heterocycles. The number of hydrogen-bond donors (Lipinski definition) is 0. The summed E-state index contributed by atoms with van der Waals surface area (Å²) in [5.74, 6) is 0.158. The molecule has 1 aromatic heterocycles. The van der Waals surface area contributed by atoms with E-state index in [1.807, 2.05) is 31.2 Å². The molecule has 0 aliphatic rings. The average molecular weight is 368 g/mol. The van der Waals surface area contributed by atoms with Crippen molar-refractivity contribution in [2.45, 2.75) is 19.5 Å². The van der Waals surface area contributed by atoms with Crippen molar-refractivity contribution in [3.63, 3.8) is 0 Å². The van der Waals surface area contributed by atoms with E-state index in [2.05, 4.69) is 10.3 Å². The molecule has 0 saturated carbocycles. The average Bonchev–Trinajstić information content (AvgIpc) is 3.16. The Kier molecular flexibility index (Phi) is 5.49. The van der Waals surface area contributed by atoms with E-state index in [1.165, 1.54) is 16.9 Å². The van der Waals surface area contributed by atoms with Gasteiger partial charge in [-0.25, -0.2) is 9.07 Å². The highest BCUT2D eigenvalue weighted by molar-refractivity contribution is 5.92. The monoisotopic (exact) mass is 368 g/mol.